The summed E-state index contributed by atoms with van der Waals surface area (Å²) in [5, 5.41) is 3.04. The molecule has 0 aliphatic heterocycles. The number of aryl methyl sites for hydroxylation is 1. The van der Waals surface area contributed by atoms with Crippen LogP contribution in [0.5, 0.6) is 0 Å². The molecule has 0 amide bonds. The Balaban J connectivity index is 2.24. The molecule has 3 nitrogen and oxygen atoms in total. The maximum atomic E-state index is 11.9. The highest BCUT2D eigenvalue weighted by Crippen LogP contribution is 2.44. The second-order valence-electron chi connectivity index (χ2n) is 6.23. The third-order valence-electron chi connectivity index (χ3n) is 4.91. The lowest BCUT2D eigenvalue weighted by molar-refractivity contribution is 0.0601. The average molecular weight is 341 g/mol. The van der Waals surface area contributed by atoms with Crippen molar-refractivity contribution in [2.24, 2.45) is 7.05 Å². The number of carbonyl (C=O) groups is 1. The van der Waals surface area contributed by atoms with Gasteiger partial charge in [-0.15, -0.1) is 0 Å². The summed E-state index contributed by atoms with van der Waals surface area (Å²) in [5.41, 5.74) is 4.18. The molecule has 1 aromatic heterocycles. The molecule has 1 aliphatic rings. The number of esters is 1. The topological polar surface area (TPSA) is 31.2 Å². The zero-order valence-corrected chi connectivity index (χ0v) is 15.1. The molecule has 0 spiro atoms. The molecule has 1 aliphatic carbocycles. The number of nitrogens with zero attached hydrogens (tertiary/aromatic N) is 1. The quantitative estimate of drug-likeness (QED) is 0.676. The number of thioether (sulfide) groups is 1. The maximum Gasteiger partial charge on any atom is 0.337 e. The van der Waals surface area contributed by atoms with Crippen LogP contribution in [0.15, 0.2) is 36.8 Å². The minimum Gasteiger partial charge on any atom is -0.465 e. The molecule has 1 heterocycles. The third-order valence-corrected chi connectivity index (χ3v) is 5.56. The zero-order chi connectivity index (χ0) is 17.3. The van der Waals surface area contributed by atoms with Gasteiger partial charge in [-0.1, -0.05) is 43.8 Å². The first-order valence-corrected chi connectivity index (χ1v) is 9.14. The number of fused-ring (bicyclic) bond motifs is 1. The van der Waals surface area contributed by atoms with Crippen molar-refractivity contribution in [1.82, 2.24) is 4.57 Å². The number of aromatic nitrogens is 1. The third kappa shape index (κ3) is 2.80. The summed E-state index contributed by atoms with van der Waals surface area (Å²) in [7, 11) is 3.46. The Labute approximate surface area is 147 Å². The van der Waals surface area contributed by atoms with E-state index in [2.05, 4.69) is 23.8 Å². The molecule has 3 rings (SSSR count). The lowest BCUT2D eigenvalue weighted by Gasteiger charge is -2.14. The Morgan fingerprint density at radius 1 is 1.38 bits per heavy atom. The first-order valence-electron chi connectivity index (χ1n) is 8.26. The van der Waals surface area contributed by atoms with Gasteiger partial charge < -0.3 is 9.30 Å². The Hall–Kier alpha value is -1.94. The summed E-state index contributed by atoms with van der Waals surface area (Å²) >= 11 is 1.56. The number of carbonyl (C=O) groups excluding carboxylic acids is 1. The predicted molar refractivity (Wildman–Crippen MR) is 102 cm³/mol. The molecular formula is C20H23NO2S. The van der Waals surface area contributed by atoms with E-state index in [0.717, 1.165) is 10.4 Å². The highest BCUT2D eigenvalue weighted by Gasteiger charge is 2.27. The van der Waals surface area contributed by atoms with Crippen LogP contribution in [0, 0.1) is 0 Å². The first-order chi connectivity index (χ1) is 11.6. The largest absolute Gasteiger partial charge is 0.465 e. The second kappa shape index (κ2) is 6.89. The molecule has 0 bridgehead atoms. The van der Waals surface area contributed by atoms with Gasteiger partial charge in [0, 0.05) is 22.9 Å². The van der Waals surface area contributed by atoms with Gasteiger partial charge in [-0.25, -0.2) is 4.79 Å². The van der Waals surface area contributed by atoms with E-state index in [1.807, 2.05) is 24.6 Å². The van der Waals surface area contributed by atoms with Gasteiger partial charge in [-0.05, 0) is 41.9 Å². The highest BCUT2D eigenvalue weighted by molar-refractivity contribution is 8.10. The molecule has 0 N–H and O–H groups in total. The predicted octanol–water partition coefficient (Wildman–Crippen LogP) is 5.47. The van der Waals surface area contributed by atoms with Gasteiger partial charge in [0.15, 0.2) is 0 Å². The summed E-state index contributed by atoms with van der Waals surface area (Å²) in [6, 6.07) is 5.85. The van der Waals surface area contributed by atoms with Crippen molar-refractivity contribution in [2.45, 2.75) is 31.6 Å². The summed E-state index contributed by atoms with van der Waals surface area (Å²) < 4.78 is 7.03. The zero-order valence-electron chi connectivity index (χ0n) is 14.3. The van der Waals surface area contributed by atoms with Crippen molar-refractivity contribution in [1.29, 1.82) is 0 Å². The van der Waals surface area contributed by atoms with Crippen molar-refractivity contribution in [3.05, 3.63) is 53.6 Å². The van der Waals surface area contributed by atoms with Crippen molar-refractivity contribution < 1.29 is 9.53 Å². The lowest BCUT2D eigenvalue weighted by Crippen LogP contribution is -2.01. The SMILES string of the molecule is C=CSC(=C)c1c(C2CCCC2)c2ccc(C(=O)OC)cc2n1C. The van der Waals surface area contributed by atoms with E-state index in [9.17, 15) is 4.79 Å². The highest BCUT2D eigenvalue weighted by atomic mass is 32.2. The van der Waals surface area contributed by atoms with Crippen LogP contribution in [0.1, 0.15) is 53.2 Å². The molecule has 0 atom stereocenters. The number of ether oxygens (including phenoxy) is 1. The van der Waals surface area contributed by atoms with Gasteiger partial charge in [-0.2, -0.15) is 0 Å². The van der Waals surface area contributed by atoms with Crippen LogP contribution >= 0.6 is 11.8 Å². The number of methoxy groups -OCH3 is 1. The van der Waals surface area contributed by atoms with Gasteiger partial charge in [0.1, 0.15) is 0 Å². The molecule has 0 saturated heterocycles. The van der Waals surface area contributed by atoms with Gasteiger partial charge in [-0.3, -0.25) is 0 Å². The van der Waals surface area contributed by atoms with Gasteiger partial charge >= 0.3 is 5.97 Å². The number of hydrogen-bond donors (Lipinski definition) is 0. The van der Waals surface area contributed by atoms with Gasteiger partial charge in [0.2, 0.25) is 0 Å². The minimum absolute atomic E-state index is 0.304. The van der Waals surface area contributed by atoms with E-state index < -0.39 is 0 Å². The fourth-order valence-electron chi connectivity index (χ4n) is 3.83. The van der Waals surface area contributed by atoms with Crippen LogP contribution in [-0.2, 0) is 11.8 Å². The van der Waals surface area contributed by atoms with Crippen molar-refractivity contribution >= 4 is 33.5 Å². The van der Waals surface area contributed by atoms with Gasteiger partial charge in [0.05, 0.1) is 18.4 Å². The van der Waals surface area contributed by atoms with Gasteiger partial charge in [0.25, 0.3) is 0 Å². The average Bonchev–Trinajstić information content (AvgIpc) is 3.20. The van der Waals surface area contributed by atoms with Crippen LogP contribution in [0.25, 0.3) is 15.8 Å². The van der Waals surface area contributed by atoms with E-state index >= 15 is 0 Å². The van der Waals surface area contributed by atoms with Crippen LogP contribution in [-0.4, -0.2) is 17.6 Å². The summed E-state index contributed by atoms with van der Waals surface area (Å²) in [4.78, 5) is 12.9. The second-order valence-corrected chi connectivity index (χ2v) is 7.30. The molecular weight excluding hydrogens is 318 g/mol. The van der Waals surface area contributed by atoms with E-state index in [1.54, 1.807) is 11.8 Å². The molecule has 0 unspecified atom stereocenters. The normalized spacial score (nSPS) is 14.9. The maximum absolute atomic E-state index is 11.9. The number of rotatable bonds is 5. The van der Waals surface area contributed by atoms with Crippen LogP contribution in [0.2, 0.25) is 0 Å². The Kier molecular flexibility index (Phi) is 4.86. The molecule has 1 aromatic carbocycles. The van der Waals surface area contributed by atoms with Crippen LogP contribution in [0.3, 0.4) is 0 Å². The molecule has 1 fully saturated rings. The molecule has 1 saturated carbocycles. The minimum atomic E-state index is -0.304. The molecule has 24 heavy (non-hydrogen) atoms. The Bertz CT molecular complexity index is 813. The Morgan fingerprint density at radius 3 is 2.71 bits per heavy atom. The fourth-order valence-corrected chi connectivity index (χ4v) is 4.39. The van der Waals surface area contributed by atoms with Crippen molar-refractivity contribution in [3.8, 4) is 0 Å². The number of hydrogen-bond acceptors (Lipinski definition) is 3. The summed E-state index contributed by atoms with van der Waals surface area (Å²) in [6.07, 6.45) is 5.00. The van der Waals surface area contributed by atoms with E-state index in [-0.39, 0.29) is 5.97 Å². The molecule has 2 aromatic rings. The molecule has 0 radical (unpaired) electrons. The summed E-state index contributed by atoms with van der Waals surface area (Å²) in [6.45, 7) is 8.07. The Morgan fingerprint density at radius 2 is 2.08 bits per heavy atom. The first kappa shape index (κ1) is 16.9. The van der Waals surface area contributed by atoms with Crippen LogP contribution in [0.4, 0.5) is 0 Å². The smallest absolute Gasteiger partial charge is 0.337 e. The van der Waals surface area contributed by atoms with E-state index in [4.69, 9.17) is 4.74 Å². The van der Waals surface area contributed by atoms with Crippen molar-refractivity contribution in [3.63, 3.8) is 0 Å². The lowest BCUT2D eigenvalue weighted by atomic mass is 9.94. The molecule has 126 valence electrons. The fraction of sp³-hybridized carbons (Fsp3) is 0.350. The molecule has 4 heteroatoms. The standard InChI is InChI=1S/C20H23NO2S/c1-5-24-13(2)19-18(14-8-6-7-9-14)16-11-10-15(20(22)23-4)12-17(16)21(19)3/h5,10-12,14H,1-2,6-9H2,3-4H3. The van der Waals surface area contributed by atoms with Crippen LogP contribution < -0.4 is 0 Å². The van der Waals surface area contributed by atoms with Crippen molar-refractivity contribution in [2.75, 3.05) is 7.11 Å². The number of benzene rings is 1. The van der Waals surface area contributed by atoms with E-state index in [0.29, 0.717) is 11.5 Å². The monoisotopic (exact) mass is 341 g/mol. The van der Waals surface area contributed by atoms with E-state index in [1.165, 1.54) is 49.4 Å². The summed E-state index contributed by atoms with van der Waals surface area (Å²) in [5.74, 6) is 0.260.